The predicted molar refractivity (Wildman–Crippen MR) is 77.8 cm³/mol. The predicted octanol–water partition coefficient (Wildman–Crippen LogP) is 1.36. The van der Waals surface area contributed by atoms with E-state index in [2.05, 4.69) is 0 Å². The zero-order chi connectivity index (χ0) is 15.7. The molecule has 0 saturated carbocycles. The summed E-state index contributed by atoms with van der Waals surface area (Å²) in [5, 5.41) is 0.730. The van der Waals surface area contributed by atoms with Crippen LogP contribution >= 0.6 is 0 Å². The van der Waals surface area contributed by atoms with Crippen LogP contribution in [0.25, 0.3) is 10.9 Å². The Morgan fingerprint density at radius 2 is 1.95 bits per heavy atom. The van der Waals surface area contributed by atoms with Crippen molar-refractivity contribution in [2.75, 3.05) is 0 Å². The second kappa shape index (κ2) is 5.28. The zero-order valence-electron chi connectivity index (χ0n) is 11.4. The molecule has 0 saturated heterocycles. The van der Waals surface area contributed by atoms with Gasteiger partial charge in [-0.05, 0) is 17.7 Å². The standard InChI is InChI=1S/C15H13N3O4/c16-14(19)13(9-5-6-21-8-9)11-7-18(22-15(17)20)12-4-2-1-3-10(11)12/h1-8,13H,(H2,16,19)(H2,17,20). The van der Waals surface area contributed by atoms with Crippen molar-refractivity contribution in [1.29, 1.82) is 0 Å². The molecule has 0 fully saturated rings. The highest BCUT2D eigenvalue weighted by atomic mass is 16.7. The van der Waals surface area contributed by atoms with E-state index in [4.69, 9.17) is 20.7 Å². The van der Waals surface area contributed by atoms with E-state index in [9.17, 15) is 9.59 Å². The topological polar surface area (TPSA) is 113 Å². The van der Waals surface area contributed by atoms with Crippen LogP contribution in [0.1, 0.15) is 17.0 Å². The van der Waals surface area contributed by atoms with E-state index >= 15 is 0 Å². The molecule has 2 amide bonds. The van der Waals surface area contributed by atoms with E-state index in [0.29, 0.717) is 16.6 Å². The Kier molecular flexibility index (Phi) is 3.30. The third-order valence-corrected chi connectivity index (χ3v) is 3.37. The minimum atomic E-state index is -0.953. The van der Waals surface area contributed by atoms with Gasteiger partial charge in [0.25, 0.3) is 0 Å². The van der Waals surface area contributed by atoms with Crippen molar-refractivity contribution < 1.29 is 18.8 Å². The summed E-state index contributed by atoms with van der Waals surface area (Å²) in [5.74, 6) is -1.26. The molecule has 2 aromatic heterocycles. The van der Waals surface area contributed by atoms with Crippen LogP contribution < -0.4 is 16.3 Å². The smallest absolute Gasteiger partial charge is 0.429 e. The van der Waals surface area contributed by atoms with Crippen molar-refractivity contribution in [3.05, 3.63) is 60.2 Å². The number of amides is 2. The number of fused-ring (bicyclic) bond motifs is 1. The number of carbonyl (C=O) groups excluding carboxylic acids is 2. The molecule has 3 rings (SSSR count). The lowest BCUT2D eigenvalue weighted by Gasteiger charge is -2.10. The molecule has 1 unspecified atom stereocenters. The number of aromatic nitrogens is 1. The van der Waals surface area contributed by atoms with Gasteiger partial charge in [-0.1, -0.05) is 18.2 Å². The van der Waals surface area contributed by atoms with Gasteiger partial charge >= 0.3 is 6.09 Å². The fraction of sp³-hybridized carbons (Fsp3) is 0.0667. The van der Waals surface area contributed by atoms with Crippen LogP contribution in [-0.2, 0) is 4.79 Å². The van der Waals surface area contributed by atoms with Crippen LogP contribution in [0.15, 0.2) is 53.5 Å². The van der Waals surface area contributed by atoms with E-state index in [1.165, 1.54) is 23.5 Å². The molecule has 4 N–H and O–H groups in total. The molecule has 112 valence electrons. The van der Waals surface area contributed by atoms with Crippen LogP contribution in [0.5, 0.6) is 0 Å². The van der Waals surface area contributed by atoms with Gasteiger partial charge in [-0.2, -0.15) is 4.73 Å². The van der Waals surface area contributed by atoms with Gasteiger partial charge in [0, 0.05) is 17.1 Å². The molecule has 0 radical (unpaired) electrons. The van der Waals surface area contributed by atoms with Crippen LogP contribution in [0.4, 0.5) is 4.79 Å². The molecule has 0 aliphatic heterocycles. The summed E-state index contributed by atoms with van der Waals surface area (Å²) >= 11 is 0. The Bertz CT molecular complexity index is 836. The fourth-order valence-corrected chi connectivity index (χ4v) is 2.51. The largest absolute Gasteiger partial charge is 0.472 e. The molecule has 1 atom stereocenters. The van der Waals surface area contributed by atoms with E-state index in [1.807, 2.05) is 12.1 Å². The van der Waals surface area contributed by atoms with Gasteiger partial charge in [0.15, 0.2) is 0 Å². The summed E-state index contributed by atoms with van der Waals surface area (Å²) in [4.78, 5) is 27.9. The van der Waals surface area contributed by atoms with Crippen LogP contribution in [0.3, 0.4) is 0 Å². The number of para-hydroxylation sites is 1. The summed E-state index contributed by atoms with van der Waals surface area (Å²) in [5.41, 5.74) is 12.4. The van der Waals surface area contributed by atoms with Crippen molar-refractivity contribution in [3.8, 4) is 0 Å². The molecule has 0 bridgehead atoms. The molecule has 1 aromatic carbocycles. The highest BCUT2D eigenvalue weighted by Gasteiger charge is 2.26. The molecule has 7 heteroatoms. The molecule has 3 aromatic rings. The van der Waals surface area contributed by atoms with Gasteiger partial charge in [0.2, 0.25) is 5.91 Å². The number of nitrogens with two attached hydrogens (primary N) is 2. The molecular formula is C15H13N3O4. The normalized spacial score (nSPS) is 12.2. The van der Waals surface area contributed by atoms with Crippen LogP contribution in [-0.4, -0.2) is 16.7 Å². The van der Waals surface area contributed by atoms with E-state index < -0.39 is 17.9 Å². The van der Waals surface area contributed by atoms with Crippen LogP contribution in [0, 0.1) is 0 Å². The quantitative estimate of drug-likeness (QED) is 0.757. The first-order valence-electron chi connectivity index (χ1n) is 6.47. The van der Waals surface area contributed by atoms with Gasteiger partial charge < -0.3 is 20.7 Å². The first-order chi connectivity index (χ1) is 10.6. The highest BCUT2D eigenvalue weighted by Crippen LogP contribution is 2.32. The van der Waals surface area contributed by atoms with Gasteiger partial charge in [-0.3, -0.25) is 4.79 Å². The second-order valence-electron chi connectivity index (χ2n) is 4.73. The first-order valence-corrected chi connectivity index (χ1v) is 6.47. The molecule has 22 heavy (non-hydrogen) atoms. The number of nitrogens with zero attached hydrogens (tertiary/aromatic N) is 1. The number of carbonyl (C=O) groups is 2. The van der Waals surface area contributed by atoms with Gasteiger partial charge in [-0.15, -0.1) is 0 Å². The lowest BCUT2D eigenvalue weighted by molar-refractivity contribution is -0.118. The van der Waals surface area contributed by atoms with Crippen molar-refractivity contribution in [2.24, 2.45) is 11.5 Å². The fourth-order valence-electron chi connectivity index (χ4n) is 2.51. The summed E-state index contributed by atoms with van der Waals surface area (Å²) in [6, 6.07) is 8.81. The third kappa shape index (κ3) is 2.28. The summed E-state index contributed by atoms with van der Waals surface area (Å²) < 4.78 is 6.26. The Morgan fingerprint density at radius 1 is 1.18 bits per heavy atom. The Hall–Kier alpha value is -3.22. The van der Waals surface area contributed by atoms with Crippen molar-refractivity contribution in [2.45, 2.75) is 5.92 Å². The maximum atomic E-state index is 11.9. The molecule has 7 nitrogen and oxygen atoms in total. The number of rotatable bonds is 4. The first kappa shape index (κ1) is 13.7. The van der Waals surface area contributed by atoms with Crippen molar-refractivity contribution >= 4 is 22.9 Å². The van der Waals surface area contributed by atoms with Gasteiger partial charge in [0.1, 0.15) is 0 Å². The molecule has 0 aliphatic carbocycles. The lowest BCUT2D eigenvalue weighted by Crippen LogP contribution is -2.25. The summed E-state index contributed by atoms with van der Waals surface area (Å²) in [7, 11) is 0. The van der Waals surface area contributed by atoms with Crippen LogP contribution in [0.2, 0.25) is 0 Å². The van der Waals surface area contributed by atoms with Gasteiger partial charge in [-0.25, -0.2) is 4.79 Å². The monoisotopic (exact) mass is 299 g/mol. The van der Waals surface area contributed by atoms with E-state index in [0.717, 1.165) is 5.39 Å². The molecule has 0 aliphatic rings. The molecule has 0 spiro atoms. The number of benzene rings is 1. The summed E-state index contributed by atoms with van der Waals surface area (Å²) in [6.07, 6.45) is 3.49. The SMILES string of the molecule is NC(=O)On1cc(C(C(N)=O)c2ccoc2)c2ccccc21. The number of furan rings is 1. The summed E-state index contributed by atoms with van der Waals surface area (Å²) in [6.45, 7) is 0. The third-order valence-electron chi connectivity index (χ3n) is 3.37. The Balaban J connectivity index is 2.21. The lowest BCUT2D eigenvalue weighted by atomic mass is 9.92. The number of primary amides is 2. The van der Waals surface area contributed by atoms with Gasteiger partial charge in [0.05, 0.1) is 24.0 Å². The van der Waals surface area contributed by atoms with E-state index in [-0.39, 0.29) is 0 Å². The molecular weight excluding hydrogens is 286 g/mol. The second-order valence-corrected chi connectivity index (χ2v) is 4.73. The van der Waals surface area contributed by atoms with Crippen molar-refractivity contribution in [3.63, 3.8) is 0 Å². The maximum absolute atomic E-state index is 11.9. The molecule has 2 heterocycles. The zero-order valence-corrected chi connectivity index (χ0v) is 11.4. The average Bonchev–Trinajstić information content (AvgIpc) is 3.09. The van der Waals surface area contributed by atoms with Crippen molar-refractivity contribution in [1.82, 2.24) is 4.73 Å². The minimum Gasteiger partial charge on any atom is -0.472 e. The Labute approximate surface area is 125 Å². The Morgan fingerprint density at radius 3 is 2.59 bits per heavy atom. The average molecular weight is 299 g/mol. The highest BCUT2D eigenvalue weighted by molar-refractivity contribution is 5.94. The number of hydrogen-bond donors (Lipinski definition) is 2. The minimum absolute atomic E-state index is 0.539. The van der Waals surface area contributed by atoms with E-state index in [1.54, 1.807) is 18.2 Å². The number of hydrogen-bond acceptors (Lipinski definition) is 4. The maximum Gasteiger partial charge on any atom is 0.429 e.